The van der Waals surface area contributed by atoms with E-state index in [0.29, 0.717) is 17.3 Å². The van der Waals surface area contributed by atoms with Gasteiger partial charge in [0.2, 0.25) is 0 Å². The summed E-state index contributed by atoms with van der Waals surface area (Å²) in [7, 11) is 0. The number of allylic oxidation sites excluding steroid dienone is 2. The Bertz CT molecular complexity index is 2480. The van der Waals surface area contributed by atoms with Crippen LogP contribution in [-0.2, 0) is 0 Å². The highest BCUT2D eigenvalue weighted by molar-refractivity contribution is 9.10. The van der Waals surface area contributed by atoms with Crippen molar-refractivity contribution < 1.29 is 23.1 Å². The summed E-state index contributed by atoms with van der Waals surface area (Å²) in [5.41, 5.74) is 9.72. The van der Waals surface area contributed by atoms with Crippen molar-refractivity contribution in [1.29, 1.82) is 0 Å². The first-order chi connectivity index (χ1) is 31.0. The molecule has 2 aliphatic rings. The zero-order valence-corrected chi connectivity index (χ0v) is 38.1. The van der Waals surface area contributed by atoms with Gasteiger partial charge in [-0.1, -0.05) is 103 Å². The summed E-state index contributed by atoms with van der Waals surface area (Å²) in [5, 5.41) is 19.1. The van der Waals surface area contributed by atoms with Gasteiger partial charge in [0.15, 0.2) is 0 Å². The first kappa shape index (κ1) is 47.4. The van der Waals surface area contributed by atoms with Crippen molar-refractivity contribution in [3.63, 3.8) is 0 Å². The lowest BCUT2D eigenvalue weighted by atomic mass is 9.88. The number of aryl methyl sites for hydroxylation is 2. The number of nitrogens with one attached hydrogen (secondary N) is 3. The summed E-state index contributed by atoms with van der Waals surface area (Å²) in [4.78, 5) is 11.5. The molecular weight excluding hydrogens is 872 g/mol. The number of hydrogen-bond donors (Lipinski definition) is 4. The lowest BCUT2D eigenvalue weighted by Crippen LogP contribution is -2.04. The zero-order valence-electron chi connectivity index (χ0n) is 36.5. The minimum atomic E-state index is -0.993. The molecule has 9 heteroatoms. The number of carbonyl (C=O) groups is 1. The molecule has 0 aliphatic heterocycles. The van der Waals surface area contributed by atoms with Crippen molar-refractivity contribution in [2.45, 2.75) is 78.1 Å². The standard InChI is InChI=1S/C21H22FNO2.C21H24FN.C13H11BrFN/c22-17-9-11-18(12-10-17)23-20-14-16(8-13-19(20)21(24)25)7-6-15-4-2-1-3-5-15;1-16-7-8-18(10-9-17-5-3-2-4-6-17)15-21(16)23-20-13-11-19(22)12-14-20;1-9-2-3-10(14)8-13(9)16-12-6-4-11(15)5-7-12/h6-15,23H,1-5H2,(H,24,25);7-15,17,23H,2-6H2,1H3;2-8,16H,1H3/b7-6+;10-9+;. The van der Waals surface area contributed by atoms with Gasteiger partial charge in [0.05, 0.1) is 11.3 Å². The first-order valence-electron chi connectivity index (χ1n) is 22.2. The summed E-state index contributed by atoms with van der Waals surface area (Å²) >= 11 is 3.42. The van der Waals surface area contributed by atoms with Gasteiger partial charge in [0, 0.05) is 32.9 Å². The second kappa shape index (κ2) is 24.1. The number of benzene rings is 6. The van der Waals surface area contributed by atoms with Crippen molar-refractivity contribution in [1.82, 2.24) is 0 Å². The second-order valence-electron chi connectivity index (χ2n) is 16.6. The van der Waals surface area contributed by atoms with Crippen LogP contribution in [0.3, 0.4) is 0 Å². The quantitative estimate of drug-likeness (QED) is 0.104. The number of carboxylic acids is 1. The normalized spacial score (nSPS) is 14.3. The number of rotatable bonds is 11. The van der Waals surface area contributed by atoms with E-state index in [1.807, 2.05) is 37.3 Å². The Morgan fingerprint density at radius 1 is 0.516 bits per heavy atom. The van der Waals surface area contributed by atoms with Crippen molar-refractivity contribution in [3.8, 4) is 0 Å². The Balaban J connectivity index is 0.000000163. The van der Waals surface area contributed by atoms with Crippen LogP contribution >= 0.6 is 15.9 Å². The molecule has 2 fully saturated rings. The monoisotopic (exact) mass is 927 g/mol. The predicted octanol–water partition coefficient (Wildman–Crippen LogP) is 17.0. The average Bonchev–Trinajstić information content (AvgIpc) is 3.30. The number of halogens is 4. The van der Waals surface area contributed by atoms with Crippen LogP contribution in [0.5, 0.6) is 0 Å². The van der Waals surface area contributed by atoms with E-state index in [-0.39, 0.29) is 23.0 Å². The van der Waals surface area contributed by atoms with E-state index in [4.69, 9.17) is 0 Å². The molecule has 64 heavy (non-hydrogen) atoms. The van der Waals surface area contributed by atoms with Crippen molar-refractivity contribution in [3.05, 3.63) is 189 Å². The molecule has 4 N–H and O–H groups in total. The lowest BCUT2D eigenvalue weighted by molar-refractivity contribution is 0.0698. The third kappa shape index (κ3) is 15.3. The summed E-state index contributed by atoms with van der Waals surface area (Å²) in [6.07, 6.45) is 22.0. The van der Waals surface area contributed by atoms with E-state index >= 15 is 0 Å². The summed E-state index contributed by atoms with van der Waals surface area (Å²) in [5.74, 6) is -0.409. The van der Waals surface area contributed by atoms with Crippen LogP contribution in [0.2, 0.25) is 0 Å². The van der Waals surface area contributed by atoms with E-state index < -0.39 is 5.97 Å². The maximum absolute atomic E-state index is 13.0. The molecule has 6 aromatic carbocycles. The van der Waals surface area contributed by atoms with Crippen LogP contribution < -0.4 is 16.0 Å². The topological polar surface area (TPSA) is 73.4 Å². The van der Waals surface area contributed by atoms with Crippen molar-refractivity contribution >= 4 is 68.2 Å². The summed E-state index contributed by atoms with van der Waals surface area (Å²) in [6.45, 7) is 4.11. The van der Waals surface area contributed by atoms with E-state index in [9.17, 15) is 23.1 Å². The van der Waals surface area contributed by atoms with Crippen molar-refractivity contribution in [2.75, 3.05) is 16.0 Å². The highest BCUT2D eigenvalue weighted by Gasteiger charge is 2.13. The fourth-order valence-corrected chi connectivity index (χ4v) is 8.14. The van der Waals surface area contributed by atoms with Gasteiger partial charge in [-0.3, -0.25) is 0 Å². The highest BCUT2D eigenvalue weighted by Crippen LogP contribution is 2.30. The number of anilines is 6. The van der Waals surface area contributed by atoms with Gasteiger partial charge in [-0.25, -0.2) is 18.0 Å². The zero-order chi connectivity index (χ0) is 45.3. The van der Waals surface area contributed by atoms with Gasteiger partial charge in [0.25, 0.3) is 0 Å². The van der Waals surface area contributed by atoms with Crippen LogP contribution in [0.15, 0.2) is 144 Å². The Labute approximate surface area is 384 Å². The van der Waals surface area contributed by atoms with Gasteiger partial charge in [0.1, 0.15) is 17.5 Å². The number of aromatic carboxylic acids is 1. The molecule has 0 spiro atoms. The third-order valence-electron chi connectivity index (χ3n) is 11.5. The molecule has 6 aromatic rings. The number of carboxylic acid groups (broad SMARTS) is 1. The van der Waals surface area contributed by atoms with Crippen LogP contribution in [0.1, 0.15) is 96.8 Å². The van der Waals surface area contributed by atoms with E-state index in [1.54, 1.807) is 42.5 Å². The lowest BCUT2D eigenvalue weighted by Gasteiger charge is -2.17. The molecule has 0 unspecified atom stereocenters. The molecule has 5 nitrogen and oxygen atoms in total. The molecule has 0 atom stereocenters. The van der Waals surface area contributed by atoms with E-state index in [1.165, 1.54) is 112 Å². The fourth-order valence-electron chi connectivity index (χ4n) is 7.78. The Kier molecular flexibility index (Phi) is 17.9. The average molecular weight is 929 g/mol. The molecule has 0 aromatic heterocycles. The molecule has 2 aliphatic carbocycles. The van der Waals surface area contributed by atoms with Gasteiger partial charge in [-0.15, -0.1) is 0 Å². The Morgan fingerprint density at radius 2 is 0.891 bits per heavy atom. The number of hydrogen-bond acceptors (Lipinski definition) is 4. The Morgan fingerprint density at radius 3 is 1.33 bits per heavy atom. The van der Waals surface area contributed by atoms with Crippen LogP contribution in [-0.4, -0.2) is 11.1 Å². The van der Waals surface area contributed by atoms with Gasteiger partial charge in [-0.2, -0.15) is 0 Å². The van der Waals surface area contributed by atoms with E-state index in [0.717, 1.165) is 44.3 Å². The molecule has 0 radical (unpaired) electrons. The first-order valence-corrected chi connectivity index (χ1v) is 22.9. The molecular formula is C55H57BrF3N3O2. The summed E-state index contributed by atoms with van der Waals surface area (Å²) < 4.78 is 39.8. The maximum Gasteiger partial charge on any atom is 0.337 e. The molecule has 0 amide bonds. The Hall–Kier alpha value is -6.06. The minimum absolute atomic E-state index is 0.194. The van der Waals surface area contributed by atoms with Gasteiger partial charge in [-0.05, 0) is 177 Å². The third-order valence-corrected chi connectivity index (χ3v) is 12.0. The highest BCUT2D eigenvalue weighted by atomic mass is 79.9. The largest absolute Gasteiger partial charge is 0.478 e. The molecule has 2 saturated carbocycles. The summed E-state index contributed by atoms with van der Waals surface area (Å²) in [6, 6.07) is 36.4. The SMILES string of the molecule is Cc1ccc(/C=C/C2CCCCC2)cc1Nc1ccc(F)cc1.Cc1ccc(Br)cc1Nc1ccc(F)cc1.O=C(O)c1ccc(/C=C/C2CCCCC2)cc1Nc1ccc(F)cc1. The van der Waals surface area contributed by atoms with Crippen molar-refractivity contribution in [2.24, 2.45) is 11.8 Å². The van der Waals surface area contributed by atoms with Crippen LogP contribution in [0.4, 0.5) is 47.3 Å². The van der Waals surface area contributed by atoms with Gasteiger partial charge < -0.3 is 21.1 Å². The minimum Gasteiger partial charge on any atom is -0.478 e. The van der Waals surface area contributed by atoms with Crippen LogP contribution in [0, 0.1) is 43.1 Å². The second-order valence-corrected chi connectivity index (χ2v) is 17.5. The maximum atomic E-state index is 13.0. The molecule has 0 saturated heterocycles. The van der Waals surface area contributed by atoms with Gasteiger partial charge >= 0.3 is 5.97 Å². The molecule has 332 valence electrons. The molecule has 0 bridgehead atoms. The molecule has 8 rings (SSSR count). The predicted molar refractivity (Wildman–Crippen MR) is 264 cm³/mol. The van der Waals surface area contributed by atoms with Crippen LogP contribution in [0.25, 0.3) is 12.2 Å². The molecule has 0 heterocycles. The fraction of sp³-hybridized carbons (Fsp3) is 0.255. The van der Waals surface area contributed by atoms with E-state index in [2.05, 4.69) is 81.3 Å². The smallest absolute Gasteiger partial charge is 0.337 e.